The normalized spacial score (nSPS) is 22.7. The van der Waals surface area contributed by atoms with Crippen LogP contribution in [-0.4, -0.2) is 44.9 Å². The maximum atomic E-state index is 13.0. The van der Waals surface area contributed by atoms with Gasteiger partial charge in [-0.25, -0.2) is 8.42 Å². The third-order valence-corrected chi connectivity index (χ3v) is 6.27. The van der Waals surface area contributed by atoms with Crippen LogP contribution in [0.15, 0.2) is 23.1 Å². The molecule has 1 aliphatic heterocycles. The largest absolute Gasteiger partial charge is 0.496 e. The van der Waals surface area contributed by atoms with Gasteiger partial charge in [-0.3, -0.25) is 4.79 Å². The van der Waals surface area contributed by atoms with E-state index in [4.69, 9.17) is 16.2 Å². The molecule has 1 aromatic carbocycles. The van der Waals surface area contributed by atoms with Crippen molar-refractivity contribution in [2.45, 2.75) is 30.7 Å². The maximum Gasteiger partial charge on any atom is 0.252 e. The molecule has 2 rings (SSSR count). The van der Waals surface area contributed by atoms with Crippen LogP contribution in [0.25, 0.3) is 0 Å². The van der Waals surface area contributed by atoms with Crippen molar-refractivity contribution in [3.63, 3.8) is 0 Å². The van der Waals surface area contributed by atoms with Crippen LogP contribution in [0.3, 0.4) is 0 Å². The topological polar surface area (TPSA) is 116 Å². The van der Waals surface area contributed by atoms with Gasteiger partial charge in [-0.15, -0.1) is 0 Å². The number of hydrogen-bond acceptors (Lipinski definition) is 5. The summed E-state index contributed by atoms with van der Waals surface area (Å²) in [6.07, 6.45) is 1.73. The molecule has 2 unspecified atom stereocenters. The molecule has 0 aliphatic carbocycles. The number of primary amides is 1. The van der Waals surface area contributed by atoms with Crippen molar-refractivity contribution in [1.82, 2.24) is 4.31 Å². The summed E-state index contributed by atoms with van der Waals surface area (Å²) in [7, 11) is -2.35. The minimum Gasteiger partial charge on any atom is -0.496 e. The molecule has 0 spiro atoms. The SMILES string of the molecule is COc1ccc(S(=O)(=O)N2CCCC(C)C2CN)cc1C(N)=O. The molecule has 0 aromatic heterocycles. The van der Waals surface area contributed by atoms with Gasteiger partial charge in [-0.2, -0.15) is 4.31 Å². The van der Waals surface area contributed by atoms with Crippen LogP contribution in [-0.2, 0) is 10.0 Å². The van der Waals surface area contributed by atoms with Gasteiger partial charge in [0.1, 0.15) is 5.75 Å². The Morgan fingerprint density at radius 3 is 2.70 bits per heavy atom. The first kappa shape index (κ1) is 17.7. The van der Waals surface area contributed by atoms with Crippen LogP contribution in [0.4, 0.5) is 0 Å². The molecule has 1 aromatic rings. The van der Waals surface area contributed by atoms with E-state index in [9.17, 15) is 13.2 Å². The first-order chi connectivity index (χ1) is 10.8. The summed E-state index contributed by atoms with van der Waals surface area (Å²) in [4.78, 5) is 11.5. The van der Waals surface area contributed by atoms with E-state index in [1.807, 2.05) is 6.92 Å². The van der Waals surface area contributed by atoms with Crippen LogP contribution in [0.1, 0.15) is 30.1 Å². The van der Waals surface area contributed by atoms with Gasteiger partial charge in [0.2, 0.25) is 10.0 Å². The van der Waals surface area contributed by atoms with Gasteiger partial charge in [0.15, 0.2) is 0 Å². The van der Waals surface area contributed by atoms with E-state index < -0.39 is 15.9 Å². The van der Waals surface area contributed by atoms with Crippen LogP contribution in [0.5, 0.6) is 5.75 Å². The smallest absolute Gasteiger partial charge is 0.252 e. The van der Waals surface area contributed by atoms with E-state index in [2.05, 4.69) is 0 Å². The standard InChI is InChI=1S/C15H23N3O4S/c1-10-4-3-7-18(13(10)9-16)23(20,21)11-5-6-14(22-2)12(8-11)15(17)19/h5-6,8,10,13H,3-4,7,9,16H2,1-2H3,(H2,17,19). The molecular formula is C15H23N3O4S. The molecule has 23 heavy (non-hydrogen) atoms. The van der Waals surface area contributed by atoms with E-state index in [1.165, 1.54) is 29.6 Å². The molecule has 1 aliphatic rings. The van der Waals surface area contributed by atoms with E-state index in [0.29, 0.717) is 6.54 Å². The second kappa shape index (κ2) is 6.86. The number of piperidine rings is 1. The number of benzene rings is 1. The highest BCUT2D eigenvalue weighted by atomic mass is 32.2. The Morgan fingerprint density at radius 1 is 1.43 bits per heavy atom. The average molecular weight is 341 g/mol. The predicted molar refractivity (Wildman–Crippen MR) is 86.6 cm³/mol. The number of carbonyl (C=O) groups is 1. The summed E-state index contributed by atoms with van der Waals surface area (Å²) in [5.41, 5.74) is 11.1. The van der Waals surface area contributed by atoms with E-state index >= 15 is 0 Å². The molecule has 1 amide bonds. The zero-order valence-corrected chi connectivity index (χ0v) is 14.2. The Labute approximate surface area is 136 Å². The molecule has 8 heteroatoms. The van der Waals surface area contributed by atoms with Crippen molar-refractivity contribution in [2.24, 2.45) is 17.4 Å². The molecule has 2 atom stereocenters. The zero-order chi connectivity index (χ0) is 17.2. The van der Waals surface area contributed by atoms with Crippen LogP contribution >= 0.6 is 0 Å². The highest BCUT2D eigenvalue weighted by molar-refractivity contribution is 7.89. The van der Waals surface area contributed by atoms with Crippen molar-refractivity contribution in [2.75, 3.05) is 20.2 Å². The lowest BCUT2D eigenvalue weighted by Crippen LogP contribution is -2.51. The fourth-order valence-corrected chi connectivity index (χ4v) is 4.83. The molecule has 1 saturated heterocycles. The van der Waals surface area contributed by atoms with Gasteiger partial charge >= 0.3 is 0 Å². The fraction of sp³-hybridized carbons (Fsp3) is 0.533. The Bertz CT molecular complexity index is 690. The number of methoxy groups -OCH3 is 1. The Hall–Kier alpha value is -1.64. The molecule has 0 saturated carbocycles. The molecule has 7 nitrogen and oxygen atoms in total. The molecule has 0 bridgehead atoms. The highest BCUT2D eigenvalue weighted by Gasteiger charge is 2.36. The van der Waals surface area contributed by atoms with Crippen molar-refractivity contribution < 1.29 is 17.9 Å². The molecular weight excluding hydrogens is 318 g/mol. The first-order valence-electron chi connectivity index (χ1n) is 7.52. The van der Waals surface area contributed by atoms with Crippen LogP contribution < -0.4 is 16.2 Å². The third-order valence-electron chi connectivity index (χ3n) is 4.35. The predicted octanol–water partition coefficient (Wildman–Crippen LogP) is 0.542. The number of nitrogens with two attached hydrogens (primary N) is 2. The summed E-state index contributed by atoms with van der Waals surface area (Å²) in [6.45, 7) is 2.69. The van der Waals surface area contributed by atoms with E-state index in [1.54, 1.807) is 0 Å². The summed E-state index contributed by atoms with van der Waals surface area (Å²) in [5.74, 6) is -0.294. The first-order valence-corrected chi connectivity index (χ1v) is 8.96. The average Bonchev–Trinajstić information content (AvgIpc) is 2.53. The minimum absolute atomic E-state index is 0.0275. The fourth-order valence-electron chi connectivity index (χ4n) is 3.03. The monoisotopic (exact) mass is 341 g/mol. The minimum atomic E-state index is -3.75. The number of hydrogen-bond donors (Lipinski definition) is 2. The van der Waals surface area contributed by atoms with Crippen LogP contribution in [0.2, 0.25) is 0 Å². The molecule has 128 valence electrons. The molecule has 0 radical (unpaired) electrons. The summed E-state index contributed by atoms with van der Waals surface area (Å²) in [5, 5.41) is 0. The lowest BCUT2D eigenvalue weighted by atomic mass is 9.93. The van der Waals surface area contributed by atoms with E-state index in [-0.39, 0.29) is 34.7 Å². The third kappa shape index (κ3) is 3.34. The Kier molecular flexibility index (Phi) is 5.28. The van der Waals surface area contributed by atoms with Crippen molar-refractivity contribution >= 4 is 15.9 Å². The number of amides is 1. The van der Waals surface area contributed by atoms with Gasteiger partial charge in [0.05, 0.1) is 17.6 Å². The van der Waals surface area contributed by atoms with Gasteiger partial charge < -0.3 is 16.2 Å². The summed E-state index contributed by atoms with van der Waals surface area (Å²) < 4.78 is 32.4. The molecule has 1 fully saturated rings. The van der Waals surface area contributed by atoms with Crippen LogP contribution in [0, 0.1) is 5.92 Å². The number of rotatable bonds is 5. The Morgan fingerprint density at radius 2 is 2.13 bits per heavy atom. The highest BCUT2D eigenvalue weighted by Crippen LogP contribution is 2.30. The van der Waals surface area contributed by atoms with Crippen molar-refractivity contribution in [1.29, 1.82) is 0 Å². The Balaban J connectivity index is 2.47. The second-order valence-electron chi connectivity index (χ2n) is 5.76. The summed E-state index contributed by atoms with van der Waals surface area (Å²) >= 11 is 0. The van der Waals surface area contributed by atoms with Gasteiger partial charge in [0, 0.05) is 19.1 Å². The molecule has 1 heterocycles. The van der Waals surface area contributed by atoms with Crippen molar-refractivity contribution in [3.05, 3.63) is 23.8 Å². The van der Waals surface area contributed by atoms with Gasteiger partial charge in [-0.1, -0.05) is 6.92 Å². The number of nitrogens with zero attached hydrogens (tertiary/aromatic N) is 1. The number of carbonyl (C=O) groups excluding carboxylic acids is 1. The molecule has 4 N–H and O–H groups in total. The van der Waals surface area contributed by atoms with Gasteiger partial charge in [-0.05, 0) is 37.0 Å². The maximum absolute atomic E-state index is 13.0. The zero-order valence-electron chi connectivity index (χ0n) is 13.4. The second-order valence-corrected chi connectivity index (χ2v) is 7.66. The summed E-state index contributed by atoms with van der Waals surface area (Å²) in [6, 6.07) is 3.89. The lowest BCUT2D eigenvalue weighted by Gasteiger charge is -2.38. The quantitative estimate of drug-likeness (QED) is 0.811. The van der Waals surface area contributed by atoms with Crippen molar-refractivity contribution in [3.8, 4) is 5.75 Å². The number of sulfonamides is 1. The lowest BCUT2D eigenvalue weighted by molar-refractivity contribution is 0.0997. The van der Waals surface area contributed by atoms with Gasteiger partial charge in [0.25, 0.3) is 5.91 Å². The van der Waals surface area contributed by atoms with E-state index in [0.717, 1.165) is 12.8 Å². The number of ether oxygens (including phenoxy) is 1.